The van der Waals surface area contributed by atoms with Gasteiger partial charge in [-0.2, -0.15) is 44.0 Å². The predicted octanol–water partition coefficient (Wildman–Crippen LogP) is 12.6. The minimum Gasteiger partial charge on any atom is -0.395 e. The van der Waals surface area contributed by atoms with E-state index in [-0.39, 0.29) is 70.1 Å². The molecule has 5 rings (SSSR count). The number of aliphatic hydroxyl groups excluding tert-OH is 3. The zero-order valence-corrected chi connectivity index (χ0v) is 71.7. The molecule has 0 spiro atoms. The molecule has 5 aromatic carbocycles. The minimum atomic E-state index is -3.97. The van der Waals surface area contributed by atoms with Crippen LogP contribution in [0.4, 0.5) is 0 Å². The molecule has 0 radical (unpaired) electrons. The van der Waals surface area contributed by atoms with Crippen molar-refractivity contribution in [3.8, 4) is 0 Å². The molecule has 20 N–H and O–H groups in total. The Morgan fingerprint density at radius 1 is 0.265 bits per heavy atom. The average Bonchev–Trinajstić information content (AvgIpc) is 0.711. The van der Waals surface area contributed by atoms with E-state index >= 15 is 0 Å². The first-order valence-corrected chi connectivity index (χ1v) is 41.9. The molecule has 0 aliphatic heterocycles. The van der Waals surface area contributed by atoms with Gasteiger partial charge in [0, 0.05) is 16.7 Å². The maximum atomic E-state index is 13.1. The highest BCUT2D eigenvalue weighted by atomic mass is 31.2. The van der Waals surface area contributed by atoms with E-state index < -0.39 is 80.5 Å². The number of rotatable bonds is 11. The molecule has 5 aromatic rings. The second-order valence-electron chi connectivity index (χ2n) is 36.2. The van der Waals surface area contributed by atoms with Crippen LogP contribution in [0.5, 0.6) is 0 Å². The van der Waals surface area contributed by atoms with E-state index in [9.17, 15) is 64.5 Å². The van der Waals surface area contributed by atoms with Crippen LogP contribution in [0, 0.1) is 5.41 Å². The second kappa shape index (κ2) is 36.6. The lowest BCUT2D eigenvalue weighted by atomic mass is 9.60. The van der Waals surface area contributed by atoms with Gasteiger partial charge in [0.15, 0.2) is 15.9 Å². The van der Waals surface area contributed by atoms with E-state index in [1.807, 2.05) is 123 Å². The molecule has 27 heteroatoms. The standard InChI is InChI=1S/C33H52O4.3C14H24O3P.H4O5P2.H3O3P/c1-28(2,3)22-13-15-24(26(17-22)30(7,8)9)33(37,32(19-34,20-35)21-36)25-16-14-23(29(4,5)6)18-27(25)31(10,11)12;3*1-13(2,3)10-7-8-12(18(15,16)17)11(9-10)14(4,5)6;1-6(2)5-7(3)4;1-4(2)3/h13-18,34-37H,19-21H2,1-12H3;3*7-9,15-17H,1-6H3;1-4H;1-3H/q;3*+1;;. The Morgan fingerprint density at radius 2 is 0.431 bits per heavy atom. The van der Waals surface area contributed by atoms with Gasteiger partial charge in [0.1, 0.15) is 5.60 Å². The van der Waals surface area contributed by atoms with Crippen LogP contribution in [0.2, 0.25) is 0 Å². The Kier molecular flexibility index (Phi) is 35.8. The highest BCUT2D eigenvalue weighted by Crippen LogP contribution is 2.53. The smallest absolute Gasteiger partial charge is 0.395 e. The van der Waals surface area contributed by atoms with Crippen LogP contribution in [0.15, 0.2) is 91.0 Å². The van der Waals surface area contributed by atoms with Crippen LogP contribution in [-0.2, 0) is 64.1 Å². The van der Waals surface area contributed by atoms with Gasteiger partial charge >= 0.3 is 49.6 Å². The average molecular weight is 1550 g/mol. The first kappa shape index (κ1) is 99.8. The van der Waals surface area contributed by atoms with Gasteiger partial charge in [0.2, 0.25) is 0 Å². The highest BCUT2D eigenvalue weighted by Gasteiger charge is 2.55. The first-order chi connectivity index (χ1) is 45.0. The summed E-state index contributed by atoms with van der Waals surface area (Å²) in [5.41, 5.74) is 5.77. The molecule has 0 aromatic heterocycles. The molecule has 0 aliphatic carbocycles. The Morgan fingerprint density at radius 3 is 0.559 bits per heavy atom. The SMILES string of the molecule is CC(C)(C)c1ccc(C(O)(c2ccc(C(C)(C)C)cc2C(C)(C)C)C(CO)(CO)CO)c(C(C)(C)C)c1.CC(C)(C)c1ccc([P+](O)(O)O)c(C(C)(C)C)c1.CC(C)(C)c1ccc([P+](O)(O)O)c(C(C)(C)C)c1.CC(C)(C)c1ccc([P+](O)(O)O)c(C(C)(C)C)c1.OP(O)O.OP(O)OP(O)O. The maximum Gasteiger partial charge on any atom is 0.441 e. The van der Waals surface area contributed by atoms with Gasteiger partial charge < -0.3 is 54.7 Å². The van der Waals surface area contributed by atoms with Crippen LogP contribution >= 0.6 is 49.6 Å². The number of hydrogen-bond acceptors (Lipinski definition) is 21. The molecule has 0 unspecified atom stereocenters. The molecule has 0 amide bonds. The van der Waals surface area contributed by atoms with E-state index in [2.05, 4.69) is 162 Å². The third kappa shape index (κ3) is 30.0. The molecule has 102 heavy (non-hydrogen) atoms. The van der Waals surface area contributed by atoms with Gasteiger partial charge in [0.05, 0.1) is 25.2 Å². The van der Waals surface area contributed by atoms with Crippen LogP contribution in [0.25, 0.3) is 0 Å². The molecule has 0 aliphatic rings. The molecular weight excluding hydrogens is 1420 g/mol. The van der Waals surface area contributed by atoms with E-state index in [1.54, 1.807) is 18.2 Å². The molecule has 584 valence electrons. The normalized spacial score (nSPS) is 13.6. The Labute approximate surface area is 615 Å². The molecular formula is C75H131O21P6+3. The van der Waals surface area contributed by atoms with Crippen molar-refractivity contribution < 1.29 is 103 Å². The fourth-order valence-corrected chi connectivity index (χ4v) is 14.3. The van der Waals surface area contributed by atoms with Crippen molar-refractivity contribution in [2.75, 3.05) is 19.8 Å². The Bertz CT molecular complexity index is 3130. The number of benzene rings is 5. The minimum absolute atomic E-state index is 0.0139. The second-order valence-corrected chi connectivity index (χ2v) is 43.3. The molecule has 0 saturated carbocycles. The maximum absolute atomic E-state index is 13.1. The van der Waals surface area contributed by atoms with Crippen molar-refractivity contribution in [1.29, 1.82) is 0 Å². The third-order valence-electron chi connectivity index (χ3n) is 17.0. The summed E-state index contributed by atoms with van der Waals surface area (Å²) < 4.78 is 3.60. The van der Waals surface area contributed by atoms with Crippen molar-refractivity contribution in [3.63, 3.8) is 0 Å². The summed E-state index contributed by atoms with van der Waals surface area (Å²) in [5, 5.41) is 45.9. The largest absolute Gasteiger partial charge is 0.441 e. The fraction of sp³-hybridized carbons (Fsp3) is 0.600. The lowest BCUT2D eigenvalue weighted by Gasteiger charge is -2.49. The van der Waals surface area contributed by atoms with Crippen molar-refractivity contribution >= 4 is 65.6 Å². The molecule has 0 heterocycles. The summed E-state index contributed by atoms with van der Waals surface area (Å²) in [7, 11) is -19.8. The summed E-state index contributed by atoms with van der Waals surface area (Å²) >= 11 is 0. The van der Waals surface area contributed by atoms with Crippen LogP contribution in [0.3, 0.4) is 0 Å². The molecule has 0 fully saturated rings. The fourth-order valence-electron chi connectivity index (χ4n) is 10.8. The van der Waals surface area contributed by atoms with Gasteiger partial charge in [-0.1, -0.05) is 281 Å². The van der Waals surface area contributed by atoms with Gasteiger partial charge in [-0.15, -0.1) is 0 Å². The summed E-state index contributed by atoms with van der Waals surface area (Å²) in [6.07, 6.45) is 0. The lowest BCUT2D eigenvalue weighted by molar-refractivity contribution is -0.137. The Balaban J connectivity index is 0.00000133. The summed E-state index contributed by atoms with van der Waals surface area (Å²) in [4.78, 5) is 139. The lowest BCUT2D eigenvalue weighted by Crippen LogP contribution is -2.55. The molecule has 21 nitrogen and oxygen atoms in total. The van der Waals surface area contributed by atoms with E-state index in [4.69, 9.17) is 34.3 Å². The van der Waals surface area contributed by atoms with Crippen molar-refractivity contribution in [2.45, 2.75) is 267 Å². The number of aliphatic hydroxyl groups is 4. The summed E-state index contributed by atoms with van der Waals surface area (Å²) in [5.74, 6) is 0. The van der Waals surface area contributed by atoms with Crippen LogP contribution < -0.4 is 15.9 Å². The zero-order chi connectivity index (χ0) is 81.3. The van der Waals surface area contributed by atoms with E-state index in [0.29, 0.717) is 11.1 Å². The van der Waals surface area contributed by atoms with Crippen molar-refractivity contribution in [3.05, 3.63) is 158 Å². The van der Waals surface area contributed by atoms with E-state index in [1.165, 1.54) is 0 Å². The van der Waals surface area contributed by atoms with Gasteiger partial charge in [-0.05, 0) is 122 Å². The topological polar surface area (TPSA) is 414 Å². The molecule has 0 bridgehead atoms. The van der Waals surface area contributed by atoms with Gasteiger partial charge in [-0.3, -0.25) is 0 Å². The summed E-state index contributed by atoms with van der Waals surface area (Å²) in [6, 6.07) is 28.5. The zero-order valence-electron chi connectivity index (χ0n) is 66.3. The predicted molar refractivity (Wildman–Crippen MR) is 423 cm³/mol. The monoisotopic (exact) mass is 1550 g/mol. The molecule has 0 atom stereocenters. The molecule has 0 saturated heterocycles. The van der Waals surface area contributed by atoms with Crippen LogP contribution in [-0.4, -0.2) is 119 Å². The quantitative estimate of drug-likeness (QED) is 0.0546. The van der Waals surface area contributed by atoms with E-state index in [0.717, 1.165) is 55.6 Å². The van der Waals surface area contributed by atoms with Gasteiger partial charge in [0.25, 0.3) is 0 Å². The van der Waals surface area contributed by atoms with Crippen molar-refractivity contribution in [2.24, 2.45) is 5.41 Å². The van der Waals surface area contributed by atoms with Crippen LogP contribution in [0.1, 0.15) is 274 Å². The Hall–Kier alpha value is -2.16. The van der Waals surface area contributed by atoms with Gasteiger partial charge in [-0.25, -0.2) is 4.31 Å². The van der Waals surface area contributed by atoms with Crippen molar-refractivity contribution in [1.82, 2.24) is 0 Å². The summed E-state index contributed by atoms with van der Waals surface area (Å²) in [6.45, 7) is 60.7. The first-order valence-electron chi connectivity index (χ1n) is 33.4. The highest BCUT2D eigenvalue weighted by molar-refractivity contribution is 7.67. The number of hydrogen-bond donors (Lipinski definition) is 20. The third-order valence-corrected chi connectivity index (χ3v) is 21.2.